The summed E-state index contributed by atoms with van der Waals surface area (Å²) in [5, 5.41) is 10.7. The van der Waals surface area contributed by atoms with Gasteiger partial charge in [0.2, 0.25) is 10.7 Å². The van der Waals surface area contributed by atoms with E-state index in [0.717, 1.165) is 0 Å². The summed E-state index contributed by atoms with van der Waals surface area (Å²) in [5.74, 6) is -1.97. The second-order valence-corrected chi connectivity index (χ2v) is 11.0. The number of alkyl halides is 2. The minimum absolute atomic E-state index is 0.00737. The molecule has 180 valence electrons. The van der Waals surface area contributed by atoms with Gasteiger partial charge in [0.05, 0.1) is 6.10 Å². The van der Waals surface area contributed by atoms with E-state index in [0.29, 0.717) is 35.7 Å². The fraction of sp³-hybridized carbons (Fsp3) is 0.640. The number of aliphatic hydroxyl groups excluding tert-OH is 1. The number of rotatable bonds is 4. The van der Waals surface area contributed by atoms with Crippen molar-refractivity contribution < 1.29 is 33.0 Å². The fourth-order valence-electron chi connectivity index (χ4n) is 7.16. The SMILES string of the molecule is C=C1C[C@H]2[C@@H]3CCC4=CC(=O)C=C[C@]4(C)[C@@]3(F)[C@@H](O)C[C@]2(C)[C@@]1(OC(=O)CC)C(=O)SCF. The van der Waals surface area contributed by atoms with Crippen LogP contribution in [0.4, 0.5) is 8.78 Å². The van der Waals surface area contributed by atoms with Gasteiger partial charge in [-0.05, 0) is 68.0 Å². The summed E-state index contributed by atoms with van der Waals surface area (Å²) >= 11 is 0.408. The van der Waals surface area contributed by atoms with E-state index in [2.05, 4.69) is 6.58 Å². The number of hydrogen-bond donors (Lipinski definition) is 1. The summed E-state index contributed by atoms with van der Waals surface area (Å²) in [6, 6.07) is -0.998. The van der Waals surface area contributed by atoms with E-state index in [9.17, 15) is 23.9 Å². The van der Waals surface area contributed by atoms with E-state index >= 15 is 4.39 Å². The molecule has 0 spiro atoms. The highest BCUT2D eigenvalue weighted by atomic mass is 32.2. The van der Waals surface area contributed by atoms with E-state index in [1.165, 1.54) is 12.2 Å². The number of halogens is 2. The second kappa shape index (κ2) is 7.87. The molecule has 0 aromatic heterocycles. The molecule has 0 saturated heterocycles. The van der Waals surface area contributed by atoms with Gasteiger partial charge in [0.25, 0.3) is 0 Å². The Morgan fingerprint density at radius 2 is 2.03 bits per heavy atom. The number of carbonyl (C=O) groups is 3. The van der Waals surface area contributed by atoms with Crippen LogP contribution in [0.15, 0.2) is 36.0 Å². The predicted molar refractivity (Wildman–Crippen MR) is 121 cm³/mol. The topological polar surface area (TPSA) is 80.7 Å². The molecular weight excluding hydrogens is 450 g/mol. The molecule has 0 aromatic rings. The van der Waals surface area contributed by atoms with Crippen LogP contribution in [0.25, 0.3) is 0 Å². The van der Waals surface area contributed by atoms with Gasteiger partial charge in [-0.1, -0.05) is 32.1 Å². The molecule has 7 atom stereocenters. The predicted octanol–water partition coefficient (Wildman–Crippen LogP) is 4.40. The van der Waals surface area contributed by atoms with Gasteiger partial charge < -0.3 is 9.84 Å². The van der Waals surface area contributed by atoms with Crippen LogP contribution in [0.5, 0.6) is 0 Å². The first-order valence-corrected chi connectivity index (χ1v) is 12.4. The van der Waals surface area contributed by atoms with Crippen LogP contribution in [-0.2, 0) is 19.1 Å². The maximum atomic E-state index is 17.2. The van der Waals surface area contributed by atoms with Crippen molar-refractivity contribution in [1.82, 2.24) is 0 Å². The molecule has 0 radical (unpaired) electrons. The molecule has 33 heavy (non-hydrogen) atoms. The lowest BCUT2D eigenvalue weighted by Gasteiger charge is -2.62. The van der Waals surface area contributed by atoms with Crippen LogP contribution in [0, 0.1) is 22.7 Å². The van der Waals surface area contributed by atoms with E-state index in [4.69, 9.17) is 4.74 Å². The van der Waals surface area contributed by atoms with Crippen molar-refractivity contribution >= 4 is 28.6 Å². The van der Waals surface area contributed by atoms with Gasteiger partial charge in [-0.15, -0.1) is 0 Å². The first-order valence-electron chi connectivity index (χ1n) is 11.4. The van der Waals surface area contributed by atoms with E-state index < -0.39 is 57.1 Å². The largest absolute Gasteiger partial charge is 0.445 e. The lowest BCUT2D eigenvalue weighted by atomic mass is 9.45. The molecule has 0 aliphatic heterocycles. The lowest BCUT2D eigenvalue weighted by Crippen LogP contribution is -2.69. The van der Waals surface area contributed by atoms with Gasteiger partial charge in [0, 0.05) is 23.2 Å². The van der Waals surface area contributed by atoms with Crippen molar-refractivity contribution in [3.8, 4) is 0 Å². The van der Waals surface area contributed by atoms with Crippen molar-refractivity contribution in [1.29, 1.82) is 0 Å². The normalized spacial score (nSPS) is 43.9. The second-order valence-electron chi connectivity index (χ2n) is 10.1. The van der Waals surface area contributed by atoms with Gasteiger partial charge in [0.15, 0.2) is 11.5 Å². The highest BCUT2D eigenvalue weighted by Crippen LogP contribution is 2.71. The number of hydrogen-bond acceptors (Lipinski definition) is 6. The third-order valence-electron chi connectivity index (χ3n) is 8.83. The molecule has 4 aliphatic rings. The molecule has 0 unspecified atom stereocenters. The first kappa shape index (κ1) is 24.3. The Morgan fingerprint density at radius 1 is 1.33 bits per heavy atom. The number of ketones is 1. The third kappa shape index (κ3) is 2.95. The van der Waals surface area contributed by atoms with E-state index in [-0.39, 0.29) is 25.0 Å². The molecule has 0 bridgehead atoms. The van der Waals surface area contributed by atoms with Gasteiger partial charge in [-0.2, -0.15) is 0 Å². The number of thioether (sulfide) groups is 1. The van der Waals surface area contributed by atoms with Crippen molar-refractivity contribution in [2.45, 2.75) is 70.2 Å². The summed E-state index contributed by atoms with van der Waals surface area (Å²) in [6.45, 7) is 9.08. The third-order valence-corrected chi connectivity index (χ3v) is 9.49. The lowest BCUT2D eigenvalue weighted by molar-refractivity contribution is -0.220. The Labute approximate surface area is 196 Å². The number of fused-ring (bicyclic) bond motifs is 5. The molecule has 8 heteroatoms. The monoisotopic (exact) mass is 480 g/mol. The van der Waals surface area contributed by atoms with Gasteiger partial charge >= 0.3 is 5.97 Å². The molecule has 0 aromatic carbocycles. The molecule has 3 saturated carbocycles. The van der Waals surface area contributed by atoms with Crippen LogP contribution < -0.4 is 0 Å². The number of carbonyl (C=O) groups excluding carboxylic acids is 3. The molecule has 1 N–H and O–H groups in total. The van der Waals surface area contributed by atoms with E-state index in [1.54, 1.807) is 26.8 Å². The minimum atomic E-state index is -2.08. The molecular formula is C25H30F2O5S. The Hall–Kier alpha value is -1.80. The Balaban J connectivity index is 1.85. The smallest absolute Gasteiger partial charge is 0.306 e. The number of esters is 1. The van der Waals surface area contributed by atoms with Gasteiger partial charge in [-0.25, -0.2) is 8.78 Å². The summed E-state index contributed by atoms with van der Waals surface area (Å²) in [4.78, 5) is 37.7. The van der Waals surface area contributed by atoms with Crippen molar-refractivity contribution in [3.05, 3.63) is 36.0 Å². The summed E-state index contributed by atoms with van der Waals surface area (Å²) < 4.78 is 36.2. The average molecular weight is 481 g/mol. The van der Waals surface area contributed by atoms with Gasteiger partial charge in [-0.3, -0.25) is 14.4 Å². The molecule has 0 heterocycles. The zero-order valence-corrected chi connectivity index (χ0v) is 20.0. The number of ether oxygens (including phenoxy) is 1. The molecule has 5 nitrogen and oxygen atoms in total. The van der Waals surface area contributed by atoms with Crippen LogP contribution in [0.1, 0.15) is 52.9 Å². The number of aliphatic hydroxyl groups is 1. The first-order chi connectivity index (χ1) is 15.4. The number of allylic oxidation sites excluding steroid dienone is 4. The standard InChI is InChI=1S/C25H30F2O5S/c1-5-20(30)32-25(21(31)33-13-26)14(2)10-18-17-7-6-15-11-16(28)8-9-22(15,3)24(17,27)19(29)12-23(18,25)4/h8-9,11,17-19,29H,2,5-7,10,12-13H2,1,3-4H3/t17-,18-,19-,22-,23-,24-,25-/m0/s1. The van der Waals surface area contributed by atoms with Crippen molar-refractivity contribution in [2.75, 3.05) is 6.01 Å². The molecule has 0 amide bonds. The summed E-state index contributed by atoms with van der Waals surface area (Å²) in [7, 11) is 0. The summed E-state index contributed by atoms with van der Waals surface area (Å²) in [6.07, 6.45) is 3.78. The quantitative estimate of drug-likeness (QED) is 0.475. The van der Waals surface area contributed by atoms with Crippen LogP contribution in [0.3, 0.4) is 0 Å². The maximum absolute atomic E-state index is 17.2. The zero-order chi connectivity index (χ0) is 24.4. The zero-order valence-electron chi connectivity index (χ0n) is 19.2. The highest BCUT2D eigenvalue weighted by molar-refractivity contribution is 8.13. The van der Waals surface area contributed by atoms with Crippen LogP contribution >= 0.6 is 11.8 Å². The van der Waals surface area contributed by atoms with Crippen molar-refractivity contribution in [2.24, 2.45) is 22.7 Å². The van der Waals surface area contributed by atoms with Gasteiger partial charge in [0.1, 0.15) is 6.01 Å². The van der Waals surface area contributed by atoms with Crippen molar-refractivity contribution in [3.63, 3.8) is 0 Å². The summed E-state index contributed by atoms with van der Waals surface area (Å²) in [5.41, 5.74) is -5.27. The van der Waals surface area contributed by atoms with Crippen LogP contribution in [-0.4, -0.2) is 45.4 Å². The average Bonchev–Trinajstić information content (AvgIpc) is 2.97. The Bertz CT molecular complexity index is 991. The highest BCUT2D eigenvalue weighted by Gasteiger charge is 2.76. The fourth-order valence-corrected chi connectivity index (χ4v) is 7.88. The Morgan fingerprint density at radius 3 is 2.67 bits per heavy atom. The van der Waals surface area contributed by atoms with Crippen LogP contribution in [0.2, 0.25) is 0 Å². The minimum Gasteiger partial charge on any atom is -0.445 e. The molecule has 4 rings (SSSR count). The Kier molecular flexibility index (Phi) is 5.80. The molecule has 3 fully saturated rings. The molecule has 4 aliphatic carbocycles. The van der Waals surface area contributed by atoms with E-state index in [1.807, 2.05) is 0 Å². The maximum Gasteiger partial charge on any atom is 0.306 e.